The standard InChI is InChI=1S/C9H12ClNO/c1-5-3-7-6(9(5)11-2)4-8(10)12-7/h4-5,9,11H,3H2,1-2H3. The van der Waals surface area contributed by atoms with E-state index in [9.17, 15) is 0 Å². The van der Waals surface area contributed by atoms with E-state index in [1.807, 2.05) is 13.1 Å². The van der Waals surface area contributed by atoms with E-state index in [0.717, 1.165) is 12.2 Å². The van der Waals surface area contributed by atoms with Gasteiger partial charge in [-0.1, -0.05) is 6.92 Å². The summed E-state index contributed by atoms with van der Waals surface area (Å²) < 4.78 is 5.35. The Bertz CT molecular complexity index is 295. The van der Waals surface area contributed by atoms with Crippen molar-refractivity contribution < 1.29 is 4.42 Å². The summed E-state index contributed by atoms with van der Waals surface area (Å²) in [5.41, 5.74) is 1.23. The summed E-state index contributed by atoms with van der Waals surface area (Å²) in [5.74, 6) is 1.66. The molecule has 0 saturated carbocycles. The molecule has 0 radical (unpaired) electrons. The van der Waals surface area contributed by atoms with Gasteiger partial charge >= 0.3 is 0 Å². The fourth-order valence-corrected chi connectivity index (χ4v) is 2.20. The van der Waals surface area contributed by atoms with E-state index in [0.29, 0.717) is 17.2 Å². The molecule has 0 aromatic carbocycles. The van der Waals surface area contributed by atoms with Gasteiger partial charge in [-0.3, -0.25) is 0 Å². The van der Waals surface area contributed by atoms with Crippen LogP contribution in [-0.2, 0) is 6.42 Å². The van der Waals surface area contributed by atoms with Crippen LogP contribution >= 0.6 is 11.6 Å². The zero-order valence-electron chi connectivity index (χ0n) is 7.23. The van der Waals surface area contributed by atoms with E-state index < -0.39 is 0 Å². The van der Waals surface area contributed by atoms with Gasteiger partial charge in [0.2, 0.25) is 0 Å². The fourth-order valence-electron chi connectivity index (χ4n) is 1.99. The van der Waals surface area contributed by atoms with Crippen molar-refractivity contribution in [1.82, 2.24) is 5.32 Å². The molecule has 2 rings (SSSR count). The number of rotatable bonds is 1. The Morgan fingerprint density at radius 3 is 3.08 bits per heavy atom. The number of fused-ring (bicyclic) bond motifs is 1. The van der Waals surface area contributed by atoms with Crippen LogP contribution in [0.5, 0.6) is 0 Å². The number of halogens is 1. The molecule has 0 amide bonds. The van der Waals surface area contributed by atoms with Crippen molar-refractivity contribution in [3.63, 3.8) is 0 Å². The Morgan fingerprint density at radius 2 is 2.42 bits per heavy atom. The lowest BCUT2D eigenvalue weighted by molar-refractivity contribution is 0.426. The van der Waals surface area contributed by atoms with Gasteiger partial charge in [0.15, 0.2) is 5.22 Å². The lowest BCUT2D eigenvalue weighted by Crippen LogP contribution is -2.19. The average Bonchev–Trinajstić information content (AvgIpc) is 2.43. The lowest BCUT2D eigenvalue weighted by Gasteiger charge is -2.13. The molecule has 12 heavy (non-hydrogen) atoms. The topological polar surface area (TPSA) is 25.2 Å². The summed E-state index contributed by atoms with van der Waals surface area (Å²) in [6.07, 6.45) is 0.994. The molecular weight excluding hydrogens is 174 g/mol. The van der Waals surface area contributed by atoms with Crippen molar-refractivity contribution in [3.8, 4) is 0 Å². The van der Waals surface area contributed by atoms with Crippen molar-refractivity contribution in [2.45, 2.75) is 19.4 Å². The highest BCUT2D eigenvalue weighted by atomic mass is 35.5. The third kappa shape index (κ3) is 1.06. The zero-order chi connectivity index (χ0) is 8.72. The second kappa shape index (κ2) is 2.79. The van der Waals surface area contributed by atoms with Crippen LogP contribution in [0.3, 0.4) is 0 Å². The highest BCUT2D eigenvalue weighted by Crippen LogP contribution is 2.38. The predicted octanol–water partition coefficient (Wildman–Crippen LogP) is 2.39. The van der Waals surface area contributed by atoms with Gasteiger partial charge in [-0.25, -0.2) is 0 Å². The highest BCUT2D eigenvalue weighted by molar-refractivity contribution is 6.28. The Hall–Kier alpha value is -0.470. The summed E-state index contributed by atoms with van der Waals surface area (Å²) >= 11 is 5.75. The van der Waals surface area contributed by atoms with Crippen LogP contribution in [-0.4, -0.2) is 7.05 Å². The maximum atomic E-state index is 5.75. The molecule has 0 bridgehead atoms. The first-order valence-electron chi connectivity index (χ1n) is 4.17. The molecule has 2 nitrogen and oxygen atoms in total. The number of nitrogens with one attached hydrogen (secondary N) is 1. The second-order valence-corrected chi connectivity index (χ2v) is 3.75. The zero-order valence-corrected chi connectivity index (χ0v) is 7.98. The van der Waals surface area contributed by atoms with Crippen LogP contribution < -0.4 is 5.32 Å². The Morgan fingerprint density at radius 1 is 1.67 bits per heavy atom. The second-order valence-electron chi connectivity index (χ2n) is 3.38. The Balaban J connectivity index is 2.38. The van der Waals surface area contributed by atoms with E-state index in [1.165, 1.54) is 5.56 Å². The Kier molecular flexibility index (Phi) is 1.89. The van der Waals surface area contributed by atoms with Crippen molar-refractivity contribution in [3.05, 3.63) is 22.6 Å². The third-order valence-corrected chi connectivity index (χ3v) is 2.72. The lowest BCUT2D eigenvalue weighted by atomic mass is 10.0. The van der Waals surface area contributed by atoms with Gasteiger partial charge in [0.1, 0.15) is 5.76 Å². The molecule has 3 heteroatoms. The summed E-state index contributed by atoms with van der Waals surface area (Å²) in [7, 11) is 1.97. The van der Waals surface area contributed by atoms with Gasteiger partial charge in [0.05, 0.1) is 0 Å². The first-order chi connectivity index (χ1) is 5.72. The summed E-state index contributed by atoms with van der Waals surface area (Å²) in [5, 5.41) is 3.77. The van der Waals surface area contributed by atoms with E-state index in [2.05, 4.69) is 12.2 Å². The monoisotopic (exact) mass is 185 g/mol. The minimum Gasteiger partial charge on any atom is -0.449 e. The maximum absolute atomic E-state index is 5.75. The molecule has 0 spiro atoms. The van der Waals surface area contributed by atoms with E-state index in [-0.39, 0.29) is 0 Å². The molecular formula is C9H12ClNO. The van der Waals surface area contributed by atoms with Crippen molar-refractivity contribution in [2.24, 2.45) is 5.92 Å². The molecule has 1 N–H and O–H groups in total. The molecule has 0 aliphatic heterocycles. The maximum Gasteiger partial charge on any atom is 0.193 e. The molecule has 1 heterocycles. The van der Waals surface area contributed by atoms with Gasteiger partial charge in [-0.05, 0) is 24.6 Å². The molecule has 2 unspecified atom stereocenters. The summed E-state index contributed by atoms with van der Waals surface area (Å²) in [4.78, 5) is 0. The van der Waals surface area contributed by atoms with Crippen molar-refractivity contribution in [2.75, 3.05) is 7.05 Å². The van der Waals surface area contributed by atoms with Crippen molar-refractivity contribution in [1.29, 1.82) is 0 Å². The molecule has 0 saturated heterocycles. The van der Waals surface area contributed by atoms with E-state index in [1.54, 1.807) is 0 Å². The highest BCUT2D eigenvalue weighted by Gasteiger charge is 2.31. The molecule has 2 atom stereocenters. The van der Waals surface area contributed by atoms with Crippen LogP contribution in [0, 0.1) is 5.92 Å². The third-order valence-electron chi connectivity index (χ3n) is 2.53. The Labute approximate surface area is 76.9 Å². The largest absolute Gasteiger partial charge is 0.449 e. The van der Waals surface area contributed by atoms with E-state index >= 15 is 0 Å². The average molecular weight is 186 g/mol. The first kappa shape index (κ1) is 8.14. The van der Waals surface area contributed by atoms with Crippen LogP contribution in [0.2, 0.25) is 5.22 Å². The number of furan rings is 1. The van der Waals surface area contributed by atoms with E-state index in [4.69, 9.17) is 16.0 Å². The molecule has 1 aliphatic carbocycles. The van der Waals surface area contributed by atoms with Crippen LogP contribution in [0.1, 0.15) is 24.3 Å². The molecule has 1 aromatic heterocycles. The van der Waals surface area contributed by atoms with Crippen molar-refractivity contribution >= 4 is 11.6 Å². The van der Waals surface area contributed by atoms with Gasteiger partial charge in [-0.2, -0.15) is 0 Å². The number of hydrogen-bond acceptors (Lipinski definition) is 2. The summed E-state index contributed by atoms with van der Waals surface area (Å²) in [6.45, 7) is 2.21. The SMILES string of the molecule is CNC1c2cc(Cl)oc2CC1C. The predicted molar refractivity (Wildman–Crippen MR) is 48.4 cm³/mol. The minimum atomic E-state index is 0.413. The van der Waals surface area contributed by atoms with Gasteiger partial charge < -0.3 is 9.73 Å². The van der Waals surface area contributed by atoms with Gasteiger partial charge in [0.25, 0.3) is 0 Å². The summed E-state index contributed by atoms with van der Waals surface area (Å²) in [6, 6.07) is 2.33. The van der Waals surface area contributed by atoms with Gasteiger partial charge in [-0.15, -0.1) is 0 Å². The van der Waals surface area contributed by atoms with Crippen LogP contribution in [0.15, 0.2) is 10.5 Å². The normalized spacial score (nSPS) is 27.6. The van der Waals surface area contributed by atoms with Crippen LogP contribution in [0.25, 0.3) is 0 Å². The quantitative estimate of drug-likeness (QED) is 0.727. The van der Waals surface area contributed by atoms with Gasteiger partial charge in [0, 0.05) is 24.1 Å². The first-order valence-corrected chi connectivity index (χ1v) is 4.55. The molecule has 66 valence electrons. The smallest absolute Gasteiger partial charge is 0.193 e. The number of hydrogen-bond donors (Lipinski definition) is 1. The minimum absolute atomic E-state index is 0.413. The fraction of sp³-hybridized carbons (Fsp3) is 0.556. The molecule has 1 aliphatic rings. The molecule has 1 aromatic rings. The van der Waals surface area contributed by atoms with Crippen LogP contribution in [0.4, 0.5) is 0 Å². The molecule has 0 fully saturated rings.